The standard InChI is InChI=1S/C21H26N4O3S/c26-19(24-10-6-21(28,7-11-24)18-5-1-2-8-22-18)14-17-20(27)23-9-12-25(17)15-16-4-3-13-29-16/h1-5,8,13,17,28H,6-7,9-12,14-15H2,(H,23,27). The highest BCUT2D eigenvalue weighted by atomic mass is 32.1. The summed E-state index contributed by atoms with van der Waals surface area (Å²) in [7, 11) is 0. The molecule has 0 bridgehead atoms. The van der Waals surface area contributed by atoms with Crippen LogP contribution in [0.1, 0.15) is 29.8 Å². The van der Waals surface area contributed by atoms with Gasteiger partial charge in [0.15, 0.2) is 0 Å². The van der Waals surface area contributed by atoms with Crippen LogP contribution in [0.25, 0.3) is 0 Å². The van der Waals surface area contributed by atoms with E-state index in [2.05, 4.69) is 21.3 Å². The molecule has 0 aromatic carbocycles. The van der Waals surface area contributed by atoms with E-state index in [-0.39, 0.29) is 18.2 Å². The Bertz CT molecular complexity index is 835. The van der Waals surface area contributed by atoms with Crippen LogP contribution < -0.4 is 5.32 Å². The van der Waals surface area contributed by atoms with Crippen molar-refractivity contribution < 1.29 is 14.7 Å². The molecule has 8 heteroatoms. The second kappa shape index (κ2) is 8.61. The minimum Gasteiger partial charge on any atom is -0.383 e. The maximum absolute atomic E-state index is 12.9. The lowest BCUT2D eigenvalue weighted by Crippen LogP contribution is -2.56. The highest BCUT2D eigenvalue weighted by Gasteiger charge is 2.38. The minimum absolute atomic E-state index is 0.0358. The lowest BCUT2D eigenvalue weighted by atomic mass is 9.87. The number of aromatic nitrogens is 1. The van der Waals surface area contributed by atoms with E-state index in [1.165, 1.54) is 4.88 Å². The van der Waals surface area contributed by atoms with Gasteiger partial charge in [-0.1, -0.05) is 12.1 Å². The third-order valence-corrected chi connectivity index (χ3v) is 6.69. The second-order valence-corrected chi connectivity index (χ2v) is 8.72. The molecular weight excluding hydrogens is 388 g/mol. The molecule has 154 valence electrons. The predicted octanol–water partition coefficient (Wildman–Crippen LogP) is 1.34. The molecule has 1 unspecified atom stereocenters. The number of nitrogens with zero attached hydrogens (tertiary/aromatic N) is 3. The van der Waals surface area contributed by atoms with Crippen LogP contribution in [-0.4, -0.2) is 63.9 Å². The molecule has 7 nitrogen and oxygen atoms in total. The van der Waals surface area contributed by atoms with E-state index in [0.29, 0.717) is 44.7 Å². The van der Waals surface area contributed by atoms with Crippen molar-refractivity contribution in [3.05, 3.63) is 52.5 Å². The first-order chi connectivity index (χ1) is 14.0. The summed E-state index contributed by atoms with van der Waals surface area (Å²) < 4.78 is 0. The number of aliphatic hydroxyl groups is 1. The zero-order valence-corrected chi connectivity index (χ0v) is 17.1. The maximum atomic E-state index is 12.9. The van der Waals surface area contributed by atoms with Crippen molar-refractivity contribution in [2.45, 2.75) is 37.5 Å². The van der Waals surface area contributed by atoms with E-state index >= 15 is 0 Å². The summed E-state index contributed by atoms with van der Waals surface area (Å²) in [6.07, 6.45) is 2.74. The van der Waals surface area contributed by atoms with E-state index in [9.17, 15) is 14.7 Å². The van der Waals surface area contributed by atoms with E-state index in [4.69, 9.17) is 0 Å². The number of amides is 2. The van der Waals surface area contributed by atoms with Gasteiger partial charge in [0.25, 0.3) is 0 Å². The third kappa shape index (κ3) is 4.49. The van der Waals surface area contributed by atoms with Gasteiger partial charge in [0.05, 0.1) is 18.2 Å². The molecular formula is C21H26N4O3S. The number of hydrogen-bond donors (Lipinski definition) is 2. The molecule has 2 amide bonds. The molecule has 0 saturated carbocycles. The van der Waals surface area contributed by atoms with Gasteiger partial charge in [-0.3, -0.25) is 19.5 Å². The van der Waals surface area contributed by atoms with Crippen LogP contribution in [0.4, 0.5) is 0 Å². The number of pyridine rings is 1. The summed E-state index contributed by atoms with van der Waals surface area (Å²) in [4.78, 5) is 34.7. The molecule has 29 heavy (non-hydrogen) atoms. The number of nitrogens with one attached hydrogen (secondary N) is 1. The predicted molar refractivity (Wildman–Crippen MR) is 110 cm³/mol. The highest BCUT2D eigenvalue weighted by Crippen LogP contribution is 2.31. The van der Waals surface area contributed by atoms with E-state index in [1.807, 2.05) is 29.6 Å². The average molecular weight is 415 g/mol. The molecule has 2 saturated heterocycles. The van der Waals surface area contributed by atoms with Gasteiger partial charge in [-0.2, -0.15) is 0 Å². The van der Waals surface area contributed by atoms with Crippen LogP contribution in [0.15, 0.2) is 41.9 Å². The number of piperazine rings is 1. The Kier molecular flexibility index (Phi) is 5.94. The molecule has 2 fully saturated rings. The molecule has 2 aliphatic rings. The Morgan fingerprint density at radius 1 is 1.24 bits per heavy atom. The number of carbonyl (C=O) groups is 2. The number of rotatable bonds is 5. The molecule has 4 rings (SSSR count). The maximum Gasteiger partial charge on any atom is 0.237 e. The van der Waals surface area contributed by atoms with Gasteiger partial charge in [-0.05, 0) is 36.4 Å². The highest BCUT2D eigenvalue weighted by molar-refractivity contribution is 7.09. The fourth-order valence-corrected chi connectivity index (χ4v) is 4.82. The van der Waals surface area contributed by atoms with Gasteiger partial charge >= 0.3 is 0 Å². The number of carbonyl (C=O) groups excluding carboxylic acids is 2. The summed E-state index contributed by atoms with van der Waals surface area (Å²) in [6.45, 7) is 2.95. The first kappa shape index (κ1) is 20.0. The lowest BCUT2D eigenvalue weighted by Gasteiger charge is -2.39. The SMILES string of the molecule is O=C1NCCN(Cc2cccs2)C1CC(=O)N1CCC(O)(c2ccccn2)CC1. The van der Waals surface area contributed by atoms with Gasteiger partial charge in [0.2, 0.25) is 11.8 Å². The van der Waals surface area contributed by atoms with Gasteiger partial charge in [0, 0.05) is 43.8 Å². The molecule has 0 spiro atoms. The Hall–Kier alpha value is -2.29. The summed E-state index contributed by atoms with van der Waals surface area (Å²) in [5.74, 6) is -0.116. The summed E-state index contributed by atoms with van der Waals surface area (Å²) in [5, 5.41) is 15.8. The summed E-state index contributed by atoms with van der Waals surface area (Å²) >= 11 is 1.66. The number of piperidine rings is 1. The van der Waals surface area contributed by atoms with Crippen LogP contribution in [0, 0.1) is 0 Å². The first-order valence-corrected chi connectivity index (χ1v) is 10.9. The quantitative estimate of drug-likeness (QED) is 0.771. The van der Waals surface area contributed by atoms with Crippen molar-refractivity contribution in [1.82, 2.24) is 20.1 Å². The summed E-state index contributed by atoms with van der Waals surface area (Å²) in [5.41, 5.74) is -0.341. The van der Waals surface area contributed by atoms with Crippen LogP contribution in [-0.2, 0) is 21.7 Å². The van der Waals surface area contributed by atoms with Crippen LogP contribution in [0.5, 0.6) is 0 Å². The number of likely N-dealkylation sites (tertiary alicyclic amines) is 1. The fraction of sp³-hybridized carbons (Fsp3) is 0.476. The molecule has 4 heterocycles. The largest absolute Gasteiger partial charge is 0.383 e. The molecule has 2 aromatic heterocycles. The summed E-state index contributed by atoms with van der Waals surface area (Å²) in [6, 6.07) is 9.12. The minimum atomic E-state index is -0.995. The van der Waals surface area contributed by atoms with Crippen LogP contribution in [0.2, 0.25) is 0 Å². The zero-order valence-electron chi connectivity index (χ0n) is 16.3. The first-order valence-electron chi connectivity index (χ1n) is 10.0. The van der Waals surface area contributed by atoms with Gasteiger partial charge in [-0.25, -0.2) is 0 Å². The van der Waals surface area contributed by atoms with E-state index in [1.54, 1.807) is 22.4 Å². The second-order valence-electron chi connectivity index (χ2n) is 7.69. The fourth-order valence-electron chi connectivity index (χ4n) is 4.09. The Balaban J connectivity index is 1.37. The molecule has 0 radical (unpaired) electrons. The Labute approximate surface area is 174 Å². The Morgan fingerprint density at radius 3 is 2.76 bits per heavy atom. The Morgan fingerprint density at radius 2 is 2.07 bits per heavy atom. The zero-order chi connectivity index (χ0) is 20.3. The van der Waals surface area contributed by atoms with Crippen molar-refractivity contribution >= 4 is 23.2 Å². The van der Waals surface area contributed by atoms with Gasteiger partial charge in [-0.15, -0.1) is 11.3 Å². The van der Waals surface area contributed by atoms with E-state index in [0.717, 1.165) is 6.54 Å². The van der Waals surface area contributed by atoms with Crippen molar-refractivity contribution in [2.24, 2.45) is 0 Å². The molecule has 0 aliphatic carbocycles. The average Bonchev–Trinajstić information content (AvgIpc) is 3.25. The van der Waals surface area contributed by atoms with Crippen LogP contribution >= 0.6 is 11.3 Å². The topological polar surface area (TPSA) is 85.8 Å². The lowest BCUT2D eigenvalue weighted by molar-refractivity contribution is -0.142. The van der Waals surface area contributed by atoms with Crippen molar-refractivity contribution in [1.29, 1.82) is 0 Å². The van der Waals surface area contributed by atoms with E-state index < -0.39 is 11.6 Å². The molecule has 1 atom stereocenters. The van der Waals surface area contributed by atoms with Crippen molar-refractivity contribution in [3.8, 4) is 0 Å². The number of thiophene rings is 1. The van der Waals surface area contributed by atoms with Crippen molar-refractivity contribution in [3.63, 3.8) is 0 Å². The molecule has 2 aliphatic heterocycles. The monoisotopic (exact) mass is 414 g/mol. The van der Waals surface area contributed by atoms with Crippen LogP contribution in [0.3, 0.4) is 0 Å². The normalized spacial score (nSPS) is 22.3. The molecule has 2 N–H and O–H groups in total. The molecule has 2 aromatic rings. The number of hydrogen-bond acceptors (Lipinski definition) is 6. The van der Waals surface area contributed by atoms with Gasteiger partial charge in [0.1, 0.15) is 5.60 Å². The van der Waals surface area contributed by atoms with Crippen molar-refractivity contribution in [2.75, 3.05) is 26.2 Å². The smallest absolute Gasteiger partial charge is 0.237 e. The third-order valence-electron chi connectivity index (χ3n) is 5.83. The van der Waals surface area contributed by atoms with Gasteiger partial charge < -0.3 is 15.3 Å².